The number of carbonyl (C=O) groups excluding carboxylic acids is 1. The first-order chi connectivity index (χ1) is 9.29. The second kappa shape index (κ2) is 7.28. The number of hydrogen-bond acceptors (Lipinski definition) is 5. The molecule has 2 rings (SSSR count). The van der Waals surface area contributed by atoms with Gasteiger partial charge in [-0.25, -0.2) is 0 Å². The van der Waals surface area contributed by atoms with Crippen molar-refractivity contribution in [3.05, 3.63) is 24.2 Å². The van der Waals surface area contributed by atoms with E-state index in [9.17, 15) is 4.79 Å². The largest absolute Gasteiger partial charge is 0.467 e. The van der Waals surface area contributed by atoms with Crippen molar-refractivity contribution in [2.75, 3.05) is 45.9 Å². The van der Waals surface area contributed by atoms with E-state index in [0.29, 0.717) is 13.1 Å². The molecule has 1 saturated heterocycles. The lowest BCUT2D eigenvalue weighted by atomic mass is 10.3. The minimum atomic E-state index is -0.0512. The van der Waals surface area contributed by atoms with Crippen molar-refractivity contribution in [1.82, 2.24) is 9.80 Å². The Morgan fingerprint density at radius 2 is 2.21 bits per heavy atom. The SMILES string of the molecule is NCC(=O)N(CCN1CCOCC1)Cc1ccco1. The molecule has 0 aromatic carbocycles. The molecular weight excluding hydrogens is 246 g/mol. The minimum absolute atomic E-state index is 0.0316. The highest BCUT2D eigenvalue weighted by molar-refractivity contribution is 5.77. The highest BCUT2D eigenvalue weighted by Crippen LogP contribution is 2.06. The number of amides is 1. The van der Waals surface area contributed by atoms with Crippen LogP contribution in [0.3, 0.4) is 0 Å². The molecule has 19 heavy (non-hydrogen) atoms. The average Bonchev–Trinajstić information content (AvgIpc) is 2.96. The first kappa shape index (κ1) is 14.0. The first-order valence-electron chi connectivity index (χ1n) is 6.60. The van der Waals surface area contributed by atoms with Crippen LogP contribution in [0.15, 0.2) is 22.8 Å². The predicted molar refractivity (Wildman–Crippen MR) is 70.4 cm³/mol. The van der Waals surface area contributed by atoms with Gasteiger partial charge in [0.05, 0.1) is 32.6 Å². The van der Waals surface area contributed by atoms with Gasteiger partial charge in [0.25, 0.3) is 0 Å². The molecule has 1 amide bonds. The highest BCUT2D eigenvalue weighted by Gasteiger charge is 2.16. The van der Waals surface area contributed by atoms with Gasteiger partial charge < -0.3 is 19.8 Å². The van der Waals surface area contributed by atoms with Crippen LogP contribution >= 0.6 is 0 Å². The molecular formula is C13H21N3O3. The summed E-state index contributed by atoms with van der Waals surface area (Å²) in [5.41, 5.74) is 5.46. The Labute approximate surface area is 113 Å². The van der Waals surface area contributed by atoms with E-state index in [0.717, 1.165) is 38.6 Å². The van der Waals surface area contributed by atoms with Gasteiger partial charge in [-0.2, -0.15) is 0 Å². The van der Waals surface area contributed by atoms with Crippen LogP contribution in [0.1, 0.15) is 5.76 Å². The summed E-state index contributed by atoms with van der Waals surface area (Å²) in [6, 6.07) is 3.69. The van der Waals surface area contributed by atoms with Gasteiger partial charge in [-0.15, -0.1) is 0 Å². The Kier molecular flexibility index (Phi) is 5.38. The maximum Gasteiger partial charge on any atom is 0.236 e. The topological polar surface area (TPSA) is 71.9 Å². The molecule has 0 unspecified atom stereocenters. The zero-order valence-corrected chi connectivity index (χ0v) is 11.1. The number of morpholine rings is 1. The van der Waals surface area contributed by atoms with Crippen molar-refractivity contribution in [1.29, 1.82) is 0 Å². The maximum absolute atomic E-state index is 11.8. The highest BCUT2D eigenvalue weighted by atomic mass is 16.5. The van der Waals surface area contributed by atoms with Gasteiger partial charge in [-0.05, 0) is 12.1 Å². The Bertz CT molecular complexity index is 374. The van der Waals surface area contributed by atoms with Crippen molar-refractivity contribution in [3.8, 4) is 0 Å². The summed E-state index contributed by atoms with van der Waals surface area (Å²) in [6.07, 6.45) is 1.61. The zero-order chi connectivity index (χ0) is 13.5. The fraction of sp³-hybridized carbons (Fsp3) is 0.615. The number of rotatable bonds is 6. The van der Waals surface area contributed by atoms with Crippen LogP contribution in [0, 0.1) is 0 Å². The van der Waals surface area contributed by atoms with E-state index >= 15 is 0 Å². The first-order valence-corrected chi connectivity index (χ1v) is 6.60. The number of furan rings is 1. The molecule has 106 valence electrons. The molecule has 1 aromatic heterocycles. The molecule has 1 fully saturated rings. The van der Waals surface area contributed by atoms with E-state index in [4.69, 9.17) is 14.9 Å². The monoisotopic (exact) mass is 267 g/mol. The van der Waals surface area contributed by atoms with Crippen molar-refractivity contribution in [3.63, 3.8) is 0 Å². The lowest BCUT2D eigenvalue weighted by Gasteiger charge is -2.29. The molecule has 6 heteroatoms. The van der Waals surface area contributed by atoms with E-state index in [1.54, 1.807) is 11.2 Å². The van der Waals surface area contributed by atoms with E-state index < -0.39 is 0 Å². The van der Waals surface area contributed by atoms with Gasteiger partial charge in [0.15, 0.2) is 0 Å². The summed E-state index contributed by atoms with van der Waals surface area (Å²) in [4.78, 5) is 15.9. The second-order valence-corrected chi connectivity index (χ2v) is 4.55. The van der Waals surface area contributed by atoms with Crippen LogP contribution in [0.4, 0.5) is 0 Å². The summed E-state index contributed by atoms with van der Waals surface area (Å²) < 4.78 is 10.6. The number of ether oxygens (including phenoxy) is 1. The predicted octanol–water partition coefficient (Wildman–Crippen LogP) is -0.101. The number of nitrogens with two attached hydrogens (primary N) is 1. The summed E-state index contributed by atoms with van der Waals surface area (Å²) >= 11 is 0. The molecule has 6 nitrogen and oxygen atoms in total. The number of nitrogens with zero attached hydrogens (tertiary/aromatic N) is 2. The molecule has 0 atom stereocenters. The van der Waals surface area contributed by atoms with Crippen LogP contribution in [0.25, 0.3) is 0 Å². The molecule has 2 heterocycles. The van der Waals surface area contributed by atoms with Gasteiger partial charge in [-0.1, -0.05) is 0 Å². The normalized spacial score (nSPS) is 16.5. The molecule has 1 aromatic rings. The van der Waals surface area contributed by atoms with Crippen molar-refractivity contribution in [2.45, 2.75) is 6.54 Å². The van der Waals surface area contributed by atoms with E-state index in [2.05, 4.69) is 4.90 Å². The van der Waals surface area contributed by atoms with E-state index in [1.165, 1.54) is 0 Å². The fourth-order valence-corrected chi connectivity index (χ4v) is 2.10. The van der Waals surface area contributed by atoms with E-state index in [-0.39, 0.29) is 12.5 Å². The molecule has 2 N–H and O–H groups in total. The molecule has 0 radical (unpaired) electrons. The van der Waals surface area contributed by atoms with Crippen LogP contribution in [0.5, 0.6) is 0 Å². The van der Waals surface area contributed by atoms with Gasteiger partial charge in [0.1, 0.15) is 5.76 Å². The summed E-state index contributed by atoms with van der Waals surface area (Å²) in [5.74, 6) is 0.730. The Morgan fingerprint density at radius 3 is 2.84 bits per heavy atom. The molecule has 0 saturated carbocycles. The maximum atomic E-state index is 11.8. The smallest absolute Gasteiger partial charge is 0.236 e. The van der Waals surface area contributed by atoms with Crippen LogP contribution < -0.4 is 5.73 Å². The van der Waals surface area contributed by atoms with Crippen molar-refractivity contribution >= 4 is 5.91 Å². The van der Waals surface area contributed by atoms with Gasteiger partial charge in [0, 0.05) is 26.2 Å². The second-order valence-electron chi connectivity index (χ2n) is 4.55. The third-order valence-electron chi connectivity index (χ3n) is 3.24. The molecule has 1 aliphatic rings. The van der Waals surface area contributed by atoms with E-state index in [1.807, 2.05) is 12.1 Å². The quantitative estimate of drug-likeness (QED) is 0.779. The molecule has 0 bridgehead atoms. The minimum Gasteiger partial charge on any atom is -0.467 e. The number of carbonyl (C=O) groups is 1. The zero-order valence-electron chi connectivity index (χ0n) is 11.1. The molecule has 1 aliphatic heterocycles. The Balaban J connectivity index is 1.84. The van der Waals surface area contributed by atoms with Crippen LogP contribution in [-0.2, 0) is 16.1 Å². The van der Waals surface area contributed by atoms with Crippen LogP contribution in [0.2, 0.25) is 0 Å². The van der Waals surface area contributed by atoms with Gasteiger partial charge >= 0.3 is 0 Å². The van der Waals surface area contributed by atoms with Crippen molar-refractivity contribution in [2.24, 2.45) is 5.73 Å². The lowest BCUT2D eigenvalue weighted by Crippen LogP contribution is -2.44. The third-order valence-corrected chi connectivity index (χ3v) is 3.24. The Hall–Kier alpha value is -1.37. The van der Waals surface area contributed by atoms with Gasteiger partial charge in [-0.3, -0.25) is 9.69 Å². The average molecular weight is 267 g/mol. The molecule has 0 spiro atoms. The number of hydrogen-bond donors (Lipinski definition) is 1. The summed E-state index contributed by atoms with van der Waals surface area (Å²) in [7, 11) is 0. The Morgan fingerprint density at radius 1 is 1.42 bits per heavy atom. The summed E-state index contributed by atoms with van der Waals surface area (Å²) in [6.45, 7) is 5.40. The lowest BCUT2D eigenvalue weighted by molar-refractivity contribution is -0.130. The van der Waals surface area contributed by atoms with Crippen LogP contribution in [-0.4, -0.2) is 61.6 Å². The fourth-order valence-electron chi connectivity index (χ4n) is 2.10. The molecule has 0 aliphatic carbocycles. The standard InChI is InChI=1S/C13H21N3O3/c14-10-13(17)16(11-12-2-1-7-19-12)4-3-15-5-8-18-9-6-15/h1-2,7H,3-6,8-11,14H2. The van der Waals surface area contributed by atoms with Crippen molar-refractivity contribution < 1.29 is 13.9 Å². The van der Waals surface area contributed by atoms with Gasteiger partial charge in [0.2, 0.25) is 5.91 Å². The third kappa shape index (κ3) is 4.34. The summed E-state index contributed by atoms with van der Waals surface area (Å²) in [5, 5.41) is 0.